The molecule has 1 heterocycles. The zero-order valence-electron chi connectivity index (χ0n) is 10.7. The van der Waals surface area contributed by atoms with E-state index in [-0.39, 0.29) is 5.69 Å². The van der Waals surface area contributed by atoms with Crippen molar-refractivity contribution < 1.29 is 9.53 Å². The summed E-state index contributed by atoms with van der Waals surface area (Å²) in [5.74, 6) is 5.49. The molecule has 0 atom stereocenters. The Morgan fingerprint density at radius 3 is 2.85 bits per heavy atom. The van der Waals surface area contributed by atoms with Gasteiger partial charge in [-0.3, -0.25) is 15.6 Å². The third-order valence-corrected chi connectivity index (χ3v) is 2.91. The molecule has 0 saturated heterocycles. The molecule has 0 unspecified atom stereocenters. The highest BCUT2D eigenvalue weighted by molar-refractivity contribution is 6.34. The van der Waals surface area contributed by atoms with Crippen LogP contribution in [0.4, 0.5) is 11.4 Å². The van der Waals surface area contributed by atoms with E-state index in [4.69, 9.17) is 22.2 Å². The molecule has 104 valence electrons. The lowest BCUT2D eigenvalue weighted by atomic mass is 10.2. The van der Waals surface area contributed by atoms with Crippen LogP contribution in [-0.4, -0.2) is 18.0 Å². The first-order valence-corrected chi connectivity index (χ1v) is 6.09. The van der Waals surface area contributed by atoms with Crippen molar-refractivity contribution in [3.63, 3.8) is 0 Å². The summed E-state index contributed by atoms with van der Waals surface area (Å²) in [7, 11) is 1.53. The van der Waals surface area contributed by atoms with Gasteiger partial charge in [-0.05, 0) is 24.3 Å². The van der Waals surface area contributed by atoms with Crippen molar-refractivity contribution in [3.05, 3.63) is 47.2 Å². The Kier molecular flexibility index (Phi) is 4.39. The number of halogens is 1. The molecule has 0 aliphatic carbocycles. The second kappa shape index (κ2) is 6.23. The summed E-state index contributed by atoms with van der Waals surface area (Å²) in [6, 6.07) is 8.15. The summed E-state index contributed by atoms with van der Waals surface area (Å²) in [4.78, 5) is 16.1. The molecule has 1 aromatic carbocycles. The average Bonchev–Trinajstić information content (AvgIpc) is 2.49. The zero-order valence-corrected chi connectivity index (χ0v) is 11.4. The number of carbonyl (C=O) groups excluding carboxylic acids is 1. The molecule has 20 heavy (non-hydrogen) atoms. The molecule has 6 nitrogen and oxygen atoms in total. The number of nitrogen functional groups attached to an aromatic ring is 1. The number of nitrogens with zero attached hydrogens (tertiary/aromatic N) is 1. The smallest absolute Gasteiger partial charge is 0.274 e. The minimum atomic E-state index is -0.391. The average molecular weight is 293 g/mol. The van der Waals surface area contributed by atoms with Crippen LogP contribution in [0.2, 0.25) is 5.02 Å². The van der Waals surface area contributed by atoms with Crippen LogP contribution in [0.3, 0.4) is 0 Å². The number of carbonyl (C=O) groups is 1. The minimum absolute atomic E-state index is 0.222. The van der Waals surface area contributed by atoms with Crippen molar-refractivity contribution in [1.82, 2.24) is 4.98 Å². The van der Waals surface area contributed by atoms with Crippen molar-refractivity contribution in [2.75, 3.05) is 17.9 Å². The Labute approximate surface area is 120 Å². The number of nitrogens with one attached hydrogen (secondary N) is 2. The van der Waals surface area contributed by atoms with Crippen LogP contribution in [-0.2, 0) is 0 Å². The second-order valence-electron chi connectivity index (χ2n) is 3.87. The maximum atomic E-state index is 12.1. The van der Waals surface area contributed by atoms with Gasteiger partial charge in [-0.2, -0.15) is 0 Å². The number of pyridine rings is 1. The van der Waals surface area contributed by atoms with E-state index >= 15 is 0 Å². The minimum Gasteiger partial charge on any atom is -0.497 e. The van der Waals surface area contributed by atoms with E-state index in [1.165, 1.54) is 19.4 Å². The highest BCUT2D eigenvalue weighted by Gasteiger charge is 2.11. The highest BCUT2D eigenvalue weighted by Crippen LogP contribution is 2.27. The van der Waals surface area contributed by atoms with Crippen LogP contribution in [0.5, 0.6) is 5.75 Å². The first-order valence-electron chi connectivity index (χ1n) is 5.71. The lowest BCUT2D eigenvalue weighted by Crippen LogP contribution is -2.15. The number of methoxy groups -OCH3 is 1. The molecule has 0 bridgehead atoms. The molecule has 0 saturated carbocycles. The number of amides is 1. The predicted molar refractivity (Wildman–Crippen MR) is 78.0 cm³/mol. The van der Waals surface area contributed by atoms with E-state index in [2.05, 4.69) is 15.7 Å². The Morgan fingerprint density at radius 1 is 1.35 bits per heavy atom. The molecule has 1 aromatic heterocycles. The number of anilines is 2. The van der Waals surface area contributed by atoms with Crippen LogP contribution in [0.1, 0.15) is 10.5 Å². The van der Waals surface area contributed by atoms with Gasteiger partial charge in [0.15, 0.2) is 0 Å². The van der Waals surface area contributed by atoms with Gasteiger partial charge < -0.3 is 15.5 Å². The number of nitrogens with two attached hydrogens (primary N) is 1. The summed E-state index contributed by atoms with van der Waals surface area (Å²) < 4.78 is 5.08. The summed E-state index contributed by atoms with van der Waals surface area (Å²) in [6.45, 7) is 0. The monoisotopic (exact) mass is 292 g/mol. The topological polar surface area (TPSA) is 89.3 Å². The molecule has 0 aliphatic rings. The Morgan fingerprint density at radius 2 is 2.15 bits per heavy atom. The standard InChI is InChI=1S/C13H13ClN4O2/c1-20-9-2-3-10(14)11(7-9)17-13(19)12-6-8(18-15)4-5-16-12/h2-7H,15H2,1H3,(H,16,18)(H,17,19). The maximum Gasteiger partial charge on any atom is 0.274 e. The summed E-state index contributed by atoms with van der Waals surface area (Å²) in [6.07, 6.45) is 1.48. The van der Waals surface area contributed by atoms with Gasteiger partial charge in [0, 0.05) is 12.3 Å². The SMILES string of the molecule is COc1ccc(Cl)c(NC(=O)c2cc(NN)ccn2)c1. The number of aromatic nitrogens is 1. The fourth-order valence-corrected chi connectivity index (χ4v) is 1.72. The van der Waals surface area contributed by atoms with Gasteiger partial charge in [0.05, 0.1) is 23.5 Å². The predicted octanol–water partition coefficient (Wildman–Crippen LogP) is 2.28. The van der Waals surface area contributed by atoms with Crippen LogP contribution >= 0.6 is 11.6 Å². The number of rotatable bonds is 4. The van der Waals surface area contributed by atoms with Gasteiger partial charge in [-0.1, -0.05) is 11.6 Å². The molecular formula is C13H13ClN4O2. The van der Waals surface area contributed by atoms with Gasteiger partial charge in [-0.15, -0.1) is 0 Å². The van der Waals surface area contributed by atoms with E-state index in [0.29, 0.717) is 22.1 Å². The van der Waals surface area contributed by atoms with Gasteiger partial charge >= 0.3 is 0 Å². The fourth-order valence-electron chi connectivity index (χ4n) is 1.56. The summed E-state index contributed by atoms with van der Waals surface area (Å²) in [5.41, 5.74) is 3.70. The summed E-state index contributed by atoms with van der Waals surface area (Å²) in [5, 5.41) is 3.08. The third-order valence-electron chi connectivity index (χ3n) is 2.58. The lowest BCUT2D eigenvalue weighted by molar-refractivity contribution is 0.102. The first kappa shape index (κ1) is 14.1. The molecule has 2 aromatic rings. The van der Waals surface area contributed by atoms with Crippen molar-refractivity contribution >= 4 is 28.9 Å². The number of benzene rings is 1. The van der Waals surface area contributed by atoms with E-state index in [1.54, 1.807) is 24.3 Å². The quantitative estimate of drug-likeness (QED) is 0.594. The van der Waals surface area contributed by atoms with Crippen molar-refractivity contribution in [1.29, 1.82) is 0 Å². The Bertz CT molecular complexity index is 634. The summed E-state index contributed by atoms with van der Waals surface area (Å²) >= 11 is 6.02. The largest absolute Gasteiger partial charge is 0.497 e. The highest BCUT2D eigenvalue weighted by atomic mass is 35.5. The van der Waals surface area contributed by atoms with Crippen LogP contribution in [0.25, 0.3) is 0 Å². The number of hydrazine groups is 1. The number of hydrogen-bond donors (Lipinski definition) is 3. The Hall–Kier alpha value is -2.31. The van der Waals surface area contributed by atoms with Gasteiger partial charge in [-0.25, -0.2) is 0 Å². The van der Waals surface area contributed by atoms with E-state index in [9.17, 15) is 4.79 Å². The van der Waals surface area contributed by atoms with Gasteiger partial charge in [0.25, 0.3) is 5.91 Å². The van der Waals surface area contributed by atoms with Crippen molar-refractivity contribution in [2.24, 2.45) is 5.84 Å². The van der Waals surface area contributed by atoms with E-state index in [1.807, 2.05) is 0 Å². The van der Waals surface area contributed by atoms with Gasteiger partial charge in [0.2, 0.25) is 0 Å². The lowest BCUT2D eigenvalue weighted by Gasteiger charge is -2.09. The molecule has 0 fully saturated rings. The van der Waals surface area contributed by atoms with Crippen molar-refractivity contribution in [3.8, 4) is 5.75 Å². The van der Waals surface area contributed by atoms with Crippen molar-refractivity contribution in [2.45, 2.75) is 0 Å². The van der Waals surface area contributed by atoms with Gasteiger partial charge in [0.1, 0.15) is 11.4 Å². The normalized spacial score (nSPS) is 9.95. The molecule has 0 radical (unpaired) electrons. The fraction of sp³-hybridized carbons (Fsp3) is 0.0769. The third kappa shape index (κ3) is 3.17. The van der Waals surface area contributed by atoms with Crippen LogP contribution < -0.4 is 21.3 Å². The number of ether oxygens (including phenoxy) is 1. The number of hydrogen-bond acceptors (Lipinski definition) is 5. The molecule has 4 N–H and O–H groups in total. The molecule has 1 amide bonds. The second-order valence-corrected chi connectivity index (χ2v) is 4.28. The van der Waals surface area contributed by atoms with Crippen LogP contribution in [0, 0.1) is 0 Å². The van der Waals surface area contributed by atoms with Crippen LogP contribution in [0.15, 0.2) is 36.5 Å². The maximum absolute atomic E-state index is 12.1. The molecular weight excluding hydrogens is 280 g/mol. The van der Waals surface area contributed by atoms with E-state index in [0.717, 1.165) is 0 Å². The Balaban J connectivity index is 2.22. The molecule has 7 heteroatoms. The van der Waals surface area contributed by atoms with E-state index < -0.39 is 5.91 Å². The first-order chi connectivity index (χ1) is 9.63. The molecule has 0 spiro atoms. The zero-order chi connectivity index (χ0) is 14.5. The molecule has 2 rings (SSSR count). The molecule has 0 aliphatic heterocycles.